The Balaban J connectivity index is 0.884. The van der Waals surface area contributed by atoms with Crippen molar-refractivity contribution < 1.29 is 41.4 Å². The van der Waals surface area contributed by atoms with Crippen LogP contribution in [0.2, 0.25) is 5.02 Å². The molecule has 2 N–H and O–H groups in total. The van der Waals surface area contributed by atoms with Gasteiger partial charge in [0.2, 0.25) is 5.91 Å². The summed E-state index contributed by atoms with van der Waals surface area (Å²) < 4.78 is 77.8. The number of ether oxygens (including phenoxy) is 3. The Morgan fingerprint density at radius 3 is 2.60 bits per heavy atom. The second-order valence-corrected chi connectivity index (χ2v) is 16.1. The Morgan fingerprint density at radius 1 is 1.07 bits per heavy atom. The van der Waals surface area contributed by atoms with Crippen LogP contribution in [-0.4, -0.2) is 52.1 Å². The summed E-state index contributed by atoms with van der Waals surface area (Å²) in [6, 6.07) is 17.6. The summed E-state index contributed by atoms with van der Waals surface area (Å²) in [6.07, 6.45) is -0.0802. The van der Waals surface area contributed by atoms with E-state index in [4.69, 9.17) is 30.8 Å². The number of alkyl halides is 3. The van der Waals surface area contributed by atoms with E-state index >= 15 is 0 Å². The van der Waals surface area contributed by atoms with Crippen molar-refractivity contribution >= 4 is 51.4 Å². The van der Waals surface area contributed by atoms with Crippen molar-refractivity contribution in [2.75, 3.05) is 30.3 Å². The summed E-state index contributed by atoms with van der Waals surface area (Å²) in [5.74, 6) is -1.17. The van der Waals surface area contributed by atoms with Crippen LogP contribution in [0.25, 0.3) is 16.6 Å². The molecule has 1 saturated heterocycles. The van der Waals surface area contributed by atoms with Gasteiger partial charge in [0.05, 0.1) is 52.5 Å². The first-order valence-electron chi connectivity index (χ1n) is 19.2. The lowest BCUT2D eigenvalue weighted by Crippen LogP contribution is -2.33. The molecule has 2 atom stereocenters. The molecule has 58 heavy (non-hydrogen) atoms. The molecule has 4 aliphatic heterocycles. The fourth-order valence-electron chi connectivity index (χ4n) is 8.55. The van der Waals surface area contributed by atoms with E-state index in [0.29, 0.717) is 74.8 Å². The molecule has 5 aromatic rings. The van der Waals surface area contributed by atoms with Gasteiger partial charge in [-0.25, -0.2) is 9.37 Å². The number of para-hydroxylation sites is 1. The predicted molar refractivity (Wildman–Crippen MR) is 207 cm³/mol. The summed E-state index contributed by atoms with van der Waals surface area (Å²) in [5.41, 5.74) is 1.78. The van der Waals surface area contributed by atoms with Gasteiger partial charge in [0.25, 0.3) is 11.7 Å². The van der Waals surface area contributed by atoms with Gasteiger partial charge < -0.3 is 29.4 Å². The van der Waals surface area contributed by atoms with Crippen LogP contribution in [0.1, 0.15) is 71.0 Å². The Hall–Kier alpha value is -5.44. The van der Waals surface area contributed by atoms with Crippen LogP contribution in [0.4, 0.5) is 28.9 Å². The Labute approximate surface area is 334 Å². The monoisotopic (exact) mass is 813 g/mol. The highest BCUT2D eigenvalue weighted by atomic mass is 35.5. The fraction of sp³-hybridized carbons (Fsp3) is 0.326. The molecule has 1 saturated carbocycles. The lowest BCUT2D eigenvalue weighted by molar-refractivity contribution is -0.136. The normalized spacial score (nSPS) is 21.8. The van der Waals surface area contributed by atoms with Gasteiger partial charge in [-0.15, -0.1) is 0 Å². The highest BCUT2D eigenvalue weighted by Gasteiger charge is 2.58. The number of hydrogen-bond donors (Lipinski definition) is 2. The van der Waals surface area contributed by atoms with E-state index in [2.05, 4.69) is 26.2 Å². The van der Waals surface area contributed by atoms with Crippen molar-refractivity contribution in [1.29, 1.82) is 0 Å². The van der Waals surface area contributed by atoms with Gasteiger partial charge in [-0.3, -0.25) is 14.5 Å². The fourth-order valence-corrected chi connectivity index (χ4v) is 8.71. The first-order valence-corrected chi connectivity index (χ1v) is 19.5. The minimum absolute atomic E-state index is 0.0385. The molecule has 298 valence electrons. The van der Waals surface area contributed by atoms with Crippen LogP contribution in [0.5, 0.6) is 11.5 Å². The number of hydrogen-bond acceptors (Lipinski definition) is 7. The van der Waals surface area contributed by atoms with Crippen molar-refractivity contribution in [2.24, 2.45) is 0 Å². The van der Waals surface area contributed by atoms with Gasteiger partial charge in [0.15, 0.2) is 11.5 Å². The van der Waals surface area contributed by atoms with Crippen molar-refractivity contribution in [3.63, 3.8) is 0 Å². The maximum Gasteiger partial charge on any atom is 0.418 e. The molecule has 5 aliphatic rings. The maximum atomic E-state index is 15.0. The summed E-state index contributed by atoms with van der Waals surface area (Å²) in [6.45, 7) is 4.83. The molecule has 15 heteroatoms. The smallest absolute Gasteiger partial charge is 0.418 e. The standard InChI is InChI=1S/C43H36ClF4N5O5/c1-41(29-7-5-25(44)19-32(29)45)57-35-4-2-3-28(38(35)58-41)23-9-14-52(15-10-23)22-36-50-33-20-26(6-8-34(33)53(36)21-27-11-16-56-27)49-39(54)24-17-30-37(31(18-24)43(46,47)48)51-40(55)42(30)12-13-42/h2-9,17-20,27H,10-16,21-22H2,1H3,(H,49,54)(H,51,55)/t27-,41?/m0/s1. The molecule has 0 radical (unpaired) electrons. The molecule has 10 nitrogen and oxygen atoms in total. The average Bonchev–Trinajstić information content (AvgIpc) is 3.70. The molecular weight excluding hydrogens is 778 g/mol. The van der Waals surface area contributed by atoms with Crippen LogP contribution in [0.15, 0.2) is 72.8 Å². The number of aromatic nitrogens is 2. The highest BCUT2D eigenvalue weighted by molar-refractivity contribution is 6.30. The molecule has 1 aliphatic carbocycles. The van der Waals surface area contributed by atoms with Crippen molar-refractivity contribution in [3.05, 3.63) is 117 Å². The minimum atomic E-state index is -4.76. The molecule has 2 amide bonds. The third kappa shape index (κ3) is 6.20. The Kier molecular flexibility index (Phi) is 8.45. The summed E-state index contributed by atoms with van der Waals surface area (Å²) in [4.78, 5) is 33.4. The third-order valence-corrected chi connectivity index (χ3v) is 12.1. The van der Waals surface area contributed by atoms with E-state index in [-0.39, 0.29) is 33.5 Å². The largest absolute Gasteiger partial charge is 0.444 e. The van der Waals surface area contributed by atoms with Gasteiger partial charge >= 0.3 is 6.18 Å². The van der Waals surface area contributed by atoms with Crippen LogP contribution in [0, 0.1) is 5.82 Å². The molecule has 0 bridgehead atoms. The van der Waals surface area contributed by atoms with E-state index < -0.39 is 40.6 Å². The van der Waals surface area contributed by atoms with Crippen LogP contribution >= 0.6 is 11.6 Å². The van der Waals surface area contributed by atoms with Crippen LogP contribution in [0.3, 0.4) is 0 Å². The molecule has 1 unspecified atom stereocenters. The number of benzene rings is 4. The van der Waals surface area contributed by atoms with E-state index in [1.54, 1.807) is 37.3 Å². The molecule has 5 heterocycles. The SMILES string of the molecule is CC1(c2ccc(Cl)cc2F)Oc2cccc(C3=CCN(Cc4nc5cc(NC(=O)c6cc(C(F)(F)F)c7c(c6)C6(CC6)C(=O)N7)ccc5n4C[C@@H]4CCO4)CC3)c2O1. The lowest BCUT2D eigenvalue weighted by Gasteiger charge is -2.29. The van der Waals surface area contributed by atoms with E-state index in [1.165, 1.54) is 12.1 Å². The van der Waals surface area contributed by atoms with E-state index in [1.807, 2.05) is 18.2 Å². The molecule has 4 aromatic carbocycles. The minimum Gasteiger partial charge on any atom is -0.444 e. The topological polar surface area (TPSA) is 107 Å². The average molecular weight is 814 g/mol. The van der Waals surface area contributed by atoms with Crippen molar-refractivity contribution in [3.8, 4) is 11.5 Å². The predicted octanol–water partition coefficient (Wildman–Crippen LogP) is 8.81. The van der Waals surface area contributed by atoms with Gasteiger partial charge in [-0.1, -0.05) is 29.8 Å². The van der Waals surface area contributed by atoms with E-state index in [9.17, 15) is 27.2 Å². The summed E-state index contributed by atoms with van der Waals surface area (Å²) in [7, 11) is 0. The van der Waals surface area contributed by atoms with Gasteiger partial charge in [-0.2, -0.15) is 13.2 Å². The van der Waals surface area contributed by atoms with Crippen LogP contribution in [-0.2, 0) is 40.0 Å². The number of carbonyl (C=O) groups is 2. The highest BCUT2D eigenvalue weighted by Crippen LogP contribution is 2.57. The number of amides is 2. The summed E-state index contributed by atoms with van der Waals surface area (Å²) in [5, 5.41) is 5.45. The number of rotatable bonds is 8. The third-order valence-electron chi connectivity index (χ3n) is 11.9. The van der Waals surface area contributed by atoms with Gasteiger partial charge in [0.1, 0.15) is 11.6 Å². The first kappa shape index (κ1) is 36.9. The number of nitrogens with one attached hydrogen (secondary N) is 2. The number of fused-ring (bicyclic) bond motifs is 4. The first-order chi connectivity index (χ1) is 27.8. The zero-order valence-electron chi connectivity index (χ0n) is 31.1. The van der Waals surface area contributed by atoms with Crippen LogP contribution < -0.4 is 20.1 Å². The second kappa shape index (κ2) is 13.3. The number of halogens is 5. The molecular formula is C43H36ClF4N5O5. The number of imidazole rings is 1. The summed E-state index contributed by atoms with van der Waals surface area (Å²) >= 11 is 6.00. The maximum absolute atomic E-state index is 15.0. The van der Waals surface area contributed by atoms with E-state index in [0.717, 1.165) is 35.0 Å². The van der Waals surface area contributed by atoms with Crippen molar-refractivity contribution in [2.45, 2.75) is 69.2 Å². The number of carbonyl (C=O) groups excluding carboxylic acids is 2. The number of nitrogens with zero attached hydrogens (tertiary/aromatic N) is 3. The molecule has 10 rings (SSSR count). The second-order valence-electron chi connectivity index (χ2n) is 15.7. The Morgan fingerprint density at radius 2 is 1.90 bits per heavy atom. The zero-order valence-corrected chi connectivity index (χ0v) is 31.9. The molecule has 2 fully saturated rings. The number of anilines is 2. The molecule has 1 spiro atoms. The van der Waals surface area contributed by atoms with Gasteiger partial charge in [0, 0.05) is 48.5 Å². The quantitative estimate of drug-likeness (QED) is 0.151. The molecule has 1 aromatic heterocycles. The van der Waals surface area contributed by atoms with Crippen molar-refractivity contribution in [1.82, 2.24) is 14.5 Å². The van der Waals surface area contributed by atoms with Gasteiger partial charge in [-0.05, 0) is 91.4 Å². The Bertz CT molecular complexity index is 2600. The lowest BCUT2D eigenvalue weighted by atomic mass is 9.93. The zero-order chi connectivity index (χ0) is 40.1.